The molecular formula is C22H41N11. The maximum absolute atomic E-state index is 8.62. The Bertz CT molecular complexity index is 689. The molecule has 11 nitrogen and oxygen atoms in total. The first-order valence-corrected chi connectivity index (χ1v) is 12.0. The minimum atomic E-state index is -0.146. The monoisotopic (exact) mass is 459 g/mol. The van der Waals surface area contributed by atoms with Crippen molar-refractivity contribution in [3.8, 4) is 0 Å². The lowest BCUT2D eigenvalue weighted by molar-refractivity contribution is 0.260. The van der Waals surface area contributed by atoms with E-state index in [0.717, 1.165) is 90.6 Å². The lowest BCUT2D eigenvalue weighted by Crippen LogP contribution is -2.66. The van der Waals surface area contributed by atoms with Gasteiger partial charge in [-0.1, -0.05) is 29.4 Å². The quantitative estimate of drug-likeness (QED) is 0.159. The molecule has 0 spiro atoms. The second kappa shape index (κ2) is 13.8. The molecule has 2 bridgehead atoms. The third-order valence-corrected chi connectivity index (χ3v) is 6.51. The molecule has 184 valence electrons. The highest BCUT2D eigenvalue weighted by Crippen LogP contribution is 2.14. The molecular weight excluding hydrogens is 418 g/mol. The maximum Gasteiger partial charge on any atom is 0.0561 e. The van der Waals surface area contributed by atoms with E-state index in [2.05, 4.69) is 59.6 Å². The molecule has 3 saturated heterocycles. The van der Waals surface area contributed by atoms with Crippen molar-refractivity contribution in [2.45, 2.75) is 17.6 Å². The average molecular weight is 460 g/mol. The molecule has 11 heteroatoms. The fourth-order valence-electron chi connectivity index (χ4n) is 4.35. The van der Waals surface area contributed by atoms with Crippen LogP contribution in [0, 0.1) is 0 Å². The van der Waals surface area contributed by atoms with E-state index in [4.69, 9.17) is 5.53 Å². The molecule has 0 radical (unpaired) electrons. The van der Waals surface area contributed by atoms with Crippen LogP contribution in [0.2, 0.25) is 0 Å². The predicted molar refractivity (Wildman–Crippen MR) is 134 cm³/mol. The lowest BCUT2D eigenvalue weighted by atomic mass is 9.97. The van der Waals surface area contributed by atoms with Gasteiger partial charge < -0.3 is 42.5 Å². The van der Waals surface area contributed by atoms with Crippen LogP contribution in [0.4, 0.5) is 5.69 Å². The van der Waals surface area contributed by atoms with Crippen molar-refractivity contribution in [3.05, 3.63) is 40.3 Å². The summed E-state index contributed by atoms with van der Waals surface area (Å²) in [5.41, 5.74) is 10.2. The number of likely N-dealkylation sites (N-methyl/N-ethyl adjacent to an activating group) is 1. The molecule has 3 aliphatic heterocycles. The van der Waals surface area contributed by atoms with E-state index in [9.17, 15) is 0 Å². The summed E-state index contributed by atoms with van der Waals surface area (Å²) in [5, 5.41) is 33.0. The van der Waals surface area contributed by atoms with Gasteiger partial charge in [0.05, 0.1) is 11.1 Å². The molecule has 0 atom stereocenters. The number of fused-ring (bicyclic) bond motifs is 15. The number of rotatable bonds is 5. The third-order valence-electron chi connectivity index (χ3n) is 6.51. The Balaban J connectivity index is 1.71. The van der Waals surface area contributed by atoms with Gasteiger partial charge in [0.1, 0.15) is 0 Å². The van der Waals surface area contributed by atoms with E-state index >= 15 is 0 Å². The molecule has 1 aromatic carbocycles. The van der Waals surface area contributed by atoms with E-state index in [1.807, 2.05) is 24.3 Å². The number of hydrogen-bond acceptors (Lipinski definition) is 9. The minimum Gasteiger partial charge on any atom is -0.314 e. The average Bonchev–Trinajstić information content (AvgIpc) is 2.84. The first-order valence-electron chi connectivity index (χ1n) is 12.0. The Labute approximate surface area is 197 Å². The van der Waals surface area contributed by atoms with Gasteiger partial charge >= 0.3 is 0 Å². The number of benzene rings is 1. The number of hydrogen-bond donors (Lipinski definition) is 8. The van der Waals surface area contributed by atoms with Gasteiger partial charge in [0.25, 0.3) is 0 Å². The minimum absolute atomic E-state index is 0.0202. The van der Waals surface area contributed by atoms with Crippen LogP contribution in [0.15, 0.2) is 29.4 Å². The highest BCUT2D eigenvalue weighted by atomic mass is 15.2. The van der Waals surface area contributed by atoms with Crippen LogP contribution in [0.25, 0.3) is 10.4 Å². The summed E-state index contributed by atoms with van der Waals surface area (Å²) in [6.45, 7) is 11.5. The zero-order valence-electron chi connectivity index (χ0n) is 19.8. The van der Waals surface area contributed by atoms with E-state index in [-0.39, 0.29) is 11.1 Å². The first kappa shape index (κ1) is 25.8. The molecule has 4 rings (SSSR count). The van der Waals surface area contributed by atoms with Gasteiger partial charge in [0.2, 0.25) is 0 Å². The van der Waals surface area contributed by atoms with Crippen LogP contribution in [0.3, 0.4) is 0 Å². The Morgan fingerprint density at radius 3 is 1.58 bits per heavy atom. The Morgan fingerprint density at radius 2 is 1.18 bits per heavy atom. The molecule has 0 amide bonds. The fourth-order valence-corrected chi connectivity index (χ4v) is 4.35. The van der Waals surface area contributed by atoms with Gasteiger partial charge in [-0.25, -0.2) is 0 Å². The summed E-state index contributed by atoms with van der Waals surface area (Å²) in [4.78, 5) is 2.85. The van der Waals surface area contributed by atoms with Crippen LogP contribution in [0.5, 0.6) is 0 Å². The predicted octanol–water partition coefficient (Wildman–Crippen LogP) is -1.02. The summed E-state index contributed by atoms with van der Waals surface area (Å²) in [7, 11) is 2.05. The summed E-state index contributed by atoms with van der Waals surface area (Å²) in [6, 6.07) is 7.75. The highest BCUT2D eigenvalue weighted by molar-refractivity contribution is 5.38. The second-order valence-electron chi connectivity index (χ2n) is 9.08. The second-order valence-corrected chi connectivity index (χ2v) is 9.08. The van der Waals surface area contributed by atoms with Crippen molar-refractivity contribution >= 4 is 5.69 Å². The molecule has 8 N–H and O–H groups in total. The van der Waals surface area contributed by atoms with Crippen LogP contribution in [-0.4, -0.2) is 96.7 Å². The molecule has 1 aromatic rings. The van der Waals surface area contributed by atoms with E-state index < -0.39 is 0 Å². The van der Waals surface area contributed by atoms with Crippen LogP contribution < -0.4 is 42.5 Å². The zero-order valence-corrected chi connectivity index (χ0v) is 19.8. The van der Waals surface area contributed by atoms with Crippen molar-refractivity contribution in [2.24, 2.45) is 5.11 Å². The smallest absolute Gasteiger partial charge is 0.0561 e. The molecule has 3 heterocycles. The zero-order chi connectivity index (χ0) is 23.2. The number of nitrogens with one attached hydrogen (secondary N) is 8. The van der Waals surface area contributed by atoms with E-state index in [1.165, 1.54) is 0 Å². The van der Waals surface area contributed by atoms with E-state index in [0.29, 0.717) is 5.69 Å². The summed E-state index contributed by atoms with van der Waals surface area (Å²) in [5.74, 6) is 0. The van der Waals surface area contributed by atoms with Crippen molar-refractivity contribution < 1.29 is 0 Å². The van der Waals surface area contributed by atoms with E-state index in [1.54, 1.807) is 0 Å². The van der Waals surface area contributed by atoms with Gasteiger partial charge in [-0.2, -0.15) is 0 Å². The van der Waals surface area contributed by atoms with Gasteiger partial charge in [-0.3, -0.25) is 0 Å². The van der Waals surface area contributed by atoms with Crippen LogP contribution in [0.1, 0.15) is 5.56 Å². The molecule has 33 heavy (non-hydrogen) atoms. The Kier molecular flexibility index (Phi) is 10.8. The fraction of sp³-hybridized carbons (Fsp3) is 0.727. The summed E-state index contributed by atoms with van der Waals surface area (Å²) in [6.07, 6.45) is 0. The lowest BCUT2D eigenvalue weighted by Gasteiger charge is -2.38. The topological polar surface area (TPSA) is 145 Å². The first-order chi connectivity index (χ1) is 16.2. The normalized spacial score (nSPS) is 28.4. The molecule has 0 saturated carbocycles. The molecule has 3 fully saturated rings. The SMILES string of the molecule is CNC12CNCCNCC(NCc3ccc(N=[N+]=[N-])cc3)(CNCCNC1)CNCCNC2. The summed E-state index contributed by atoms with van der Waals surface area (Å²) >= 11 is 0. The maximum atomic E-state index is 8.62. The number of nitrogens with zero attached hydrogens (tertiary/aromatic N) is 3. The number of azide groups is 1. The van der Waals surface area contributed by atoms with Gasteiger partial charge in [0.15, 0.2) is 0 Å². The van der Waals surface area contributed by atoms with Crippen molar-refractivity contribution in [3.63, 3.8) is 0 Å². The van der Waals surface area contributed by atoms with Crippen molar-refractivity contribution in [1.29, 1.82) is 0 Å². The van der Waals surface area contributed by atoms with Crippen molar-refractivity contribution in [2.75, 3.05) is 85.6 Å². The molecule has 0 unspecified atom stereocenters. The standard InChI is InChI=1S/C22H41N11/c1-24-21-13-25-6-9-28-16-22(17-29-10-7-26-14-21,18-30-11-8-27-15-21)31-12-19-2-4-20(5-3-19)32-33-23/h2-5,24-31H,6-18H2,1H3. The third kappa shape index (κ3) is 8.49. The Hall–Kier alpha value is -1.79. The largest absolute Gasteiger partial charge is 0.314 e. The molecule has 0 aromatic heterocycles. The molecule has 0 aliphatic carbocycles. The summed E-state index contributed by atoms with van der Waals surface area (Å²) < 4.78 is 0. The van der Waals surface area contributed by atoms with Gasteiger partial charge in [-0.15, -0.1) is 0 Å². The Morgan fingerprint density at radius 1 is 0.758 bits per heavy atom. The molecule has 3 aliphatic rings. The van der Waals surface area contributed by atoms with Crippen LogP contribution in [-0.2, 0) is 6.54 Å². The van der Waals surface area contributed by atoms with Gasteiger partial charge in [-0.05, 0) is 18.1 Å². The van der Waals surface area contributed by atoms with Gasteiger partial charge in [0, 0.05) is 95.7 Å². The van der Waals surface area contributed by atoms with Crippen LogP contribution >= 0.6 is 0 Å². The highest BCUT2D eigenvalue weighted by Gasteiger charge is 2.30. The van der Waals surface area contributed by atoms with Crippen molar-refractivity contribution in [1.82, 2.24) is 42.5 Å².